The lowest BCUT2D eigenvalue weighted by Crippen LogP contribution is -2.15. The number of aromatic nitrogens is 4. The first-order valence-corrected chi connectivity index (χ1v) is 9.22. The highest BCUT2D eigenvalue weighted by atomic mass is 16.1. The molecule has 0 saturated heterocycles. The third-order valence-corrected chi connectivity index (χ3v) is 4.67. The topological polar surface area (TPSA) is 125 Å². The fourth-order valence-corrected chi connectivity index (χ4v) is 3.17. The predicted molar refractivity (Wildman–Crippen MR) is 112 cm³/mol. The van der Waals surface area contributed by atoms with Crippen LogP contribution in [-0.4, -0.2) is 25.7 Å². The van der Waals surface area contributed by atoms with Crippen molar-refractivity contribution in [3.05, 3.63) is 77.6 Å². The van der Waals surface area contributed by atoms with Crippen molar-refractivity contribution in [2.45, 2.75) is 19.5 Å². The van der Waals surface area contributed by atoms with E-state index < -0.39 is 5.91 Å². The maximum Gasteiger partial charge on any atom is 0.253 e. The van der Waals surface area contributed by atoms with Gasteiger partial charge in [0.1, 0.15) is 5.82 Å². The number of benzene rings is 2. The third kappa shape index (κ3) is 3.65. The number of nitrogens with two attached hydrogens (primary N) is 2. The van der Waals surface area contributed by atoms with Crippen LogP contribution in [0.4, 0.5) is 5.82 Å². The molecule has 8 nitrogen and oxygen atoms in total. The average Bonchev–Trinajstić information content (AvgIpc) is 3.16. The summed E-state index contributed by atoms with van der Waals surface area (Å²) in [5.41, 5.74) is 14.6. The minimum atomic E-state index is -0.506. The molecule has 0 spiro atoms. The molecule has 1 atom stereocenters. The molecule has 0 bridgehead atoms. The molecule has 1 unspecified atom stereocenters. The molecule has 0 aliphatic rings. The SMILES string of the molecule is CC(N)c1cnc(-n2ncc3c(C(N)=O)cccc32)nc1NCc1ccccc1. The molecule has 4 aromatic rings. The Morgan fingerprint density at radius 3 is 2.66 bits per heavy atom. The van der Waals surface area contributed by atoms with E-state index in [2.05, 4.69) is 20.4 Å². The monoisotopic (exact) mass is 387 g/mol. The smallest absolute Gasteiger partial charge is 0.253 e. The summed E-state index contributed by atoms with van der Waals surface area (Å²) in [7, 11) is 0. The lowest BCUT2D eigenvalue weighted by Gasteiger charge is -2.15. The number of hydrogen-bond acceptors (Lipinski definition) is 6. The Morgan fingerprint density at radius 1 is 1.14 bits per heavy atom. The van der Waals surface area contributed by atoms with E-state index in [1.165, 1.54) is 0 Å². The summed E-state index contributed by atoms with van der Waals surface area (Å²) >= 11 is 0. The van der Waals surface area contributed by atoms with Crippen molar-refractivity contribution in [3.63, 3.8) is 0 Å². The quantitative estimate of drug-likeness (QED) is 0.467. The number of anilines is 1. The molecular weight excluding hydrogens is 366 g/mol. The van der Waals surface area contributed by atoms with E-state index >= 15 is 0 Å². The first kappa shape index (κ1) is 18.6. The average molecular weight is 387 g/mol. The number of carbonyl (C=O) groups excluding carboxylic acids is 1. The molecule has 0 radical (unpaired) electrons. The molecule has 1 amide bonds. The largest absolute Gasteiger partial charge is 0.366 e. The molecule has 0 aliphatic carbocycles. The number of amides is 1. The Kier molecular flexibility index (Phi) is 4.92. The van der Waals surface area contributed by atoms with Gasteiger partial charge in [-0.15, -0.1) is 0 Å². The van der Waals surface area contributed by atoms with E-state index in [0.29, 0.717) is 34.8 Å². The van der Waals surface area contributed by atoms with Gasteiger partial charge in [0.2, 0.25) is 5.91 Å². The minimum Gasteiger partial charge on any atom is -0.366 e. The van der Waals surface area contributed by atoms with Crippen molar-refractivity contribution in [2.24, 2.45) is 11.5 Å². The third-order valence-electron chi connectivity index (χ3n) is 4.67. The highest BCUT2D eigenvalue weighted by Gasteiger charge is 2.16. The molecule has 4 rings (SSSR count). The van der Waals surface area contributed by atoms with Crippen LogP contribution in [0.1, 0.15) is 34.5 Å². The molecule has 0 aliphatic heterocycles. The number of nitrogens with zero attached hydrogens (tertiary/aromatic N) is 4. The van der Waals surface area contributed by atoms with Crippen LogP contribution in [0.3, 0.4) is 0 Å². The van der Waals surface area contributed by atoms with Crippen molar-refractivity contribution in [2.75, 3.05) is 5.32 Å². The molecule has 2 aromatic carbocycles. The first-order valence-electron chi connectivity index (χ1n) is 9.22. The van der Waals surface area contributed by atoms with E-state index in [1.54, 1.807) is 29.2 Å². The van der Waals surface area contributed by atoms with E-state index in [-0.39, 0.29) is 6.04 Å². The summed E-state index contributed by atoms with van der Waals surface area (Å²) in [5, 5.41) is 8.36. The molecule has 2 aromatic heterocycles. The lowest BCUT2D eigenvalue weighted by atomic mass is 10.1. The van der Waals surface area contributed by atoms with Gasteiger partial charge in [-0.2, -0.15) is 14.8 Å². The molecule has 146 valence electrons. The Bertz CT molecular complexity index is 1170. The number of hydrogen-bond donors (Lipinski definition) is 3. The van der Waals surface area contributed by atoms with E-state index in [9.17, 15) is 4.79 Å². The zero-order chi connectivity index (χ0) is 20.4. The van der Waals surface area contributed by atoms with Crippen molar-refractivity contribution in [3.8, 4) is 5.95 Å². The summed E-state index contributed by atoms with van der Waals surface area (Å²) in [4.78, 5) is 20.8. The Hall–Kier alpha value is -3.78. The second-order valence-electron chi connectivity index (χ2n) is 6.76. The number of primary amides is 1. The standard InChI is InChI=1S/C21H21N7O/c1-13(22)16-11-25-21(27-20(16)24-10-14-6-3-2-4-7-14)28-18-9-5-8-15(19(23)29)17(18)12-26-28/h2-9,11-13H,10,22H2,1H3,(H2,23,29)(H,24,25,27). The first-order chi connectivity index (χ1) is 14.0. The Labute approximate surface area is 167 Å². The molecular formula is C21H21N7O. The summed E-state index contributed by atoms with van der Waals surface area (Å²) in [6, 6.07) is 15.0. The van der Waals surface area contributed by atoms with Gasteiger partial charge in [-0.05, 0) is 24.6 Å². The van der Waals surface area contributed by atoms with Gasteiger partial charge in [-0.25, -0.2) is 4.98 Å². The van der Waals surface area contributed by atoms with Crippen LogP contribution in [0, 0.1) is 0 Å². The van der Waals surface area contributed by atoms with Gasteiger partial charge >= 0.3 is 0 Å². The molecule has 2 heterocycles. The summed E-state index contributed by atoms with van der Waals surface area (Å²) < 4.78 is 1.58. The number of carbonyl (C=O) groups is 1. The van der Waals surface area contributed by atoms with Crippen LogP contribution in [0.2, 0.25) is 0 Å². The van der Waals surface area contributed by atoms with Crippen LogP contribution < -0.4 is 16.8 Å². The summed E-state index contributed by atoms with van der Waals surface area (Å²) in [5.74, 6) is 0.513. The normalized spacial score (nSPS) is 12.1. The maximum absolute atomic E-state index is 11.7. The second-order valence-corrected chi connectivity index (χ2v) is 6.76. The fourth-order valence-electron chi connectivity index (χ4n) is 3.17. The van der Waals surface area contributed by atoms with E-state index in [4.69, 9.17) is 11.5 Å². The van der Waals surface area contributed by atoms with Gasteiger partial charge in [-0.1, -0.05) is 36.4 Å². The molecule has 0 fully saturated rings. The molecule has 0 saturated carbocycles. The maximum atomic E-state index is 11.7. The van der Waals surface area contributed by atoms with Crippen LogP contribution in [0.25, 0.3) is 16.9 Å². The highest BCUT2D eigenvalue weighted by Crippen LogP contribution is 2.23. The minimum absolute atomic E-state index is 0.238. The van der Waals surface area contributed by atoms with Gasteiger partial charge in [0.25, 0.3) is 5.95 Å². The van der Waals surface area contributed by atoms with Crippen LogP contribution in [-0.2, 0) is 6.54 Å². The second kappa shape index (κ2) is 7.69. The Balaban J connectivity index is 1.74. The van der Waals surface area contributed by atoms with Crippen LogP contribution in [0.15, 0.2) is 60.9 Å². The van der Waals surface area contributed by atoms with Crippen molar-refractivity contribution in [1.82, 2.24) is 19.7 Å². The zero-order valence-electron chi connectivity index (χ0n) is 15.9. The molecule has 5 N–H and O–H groups in total. The predicted octanol–water partition coefficient (Wildman–Crippen LogP) is 2.55. The van der Waals surface area contributed by atoms with Gasteiger partial charge in [0.05, 0.1) is 17.3 Å². The molecule has 29 heavy (non-hydrogen) atoms. The zero-order valence-corrected chi connectivity index (χ0v) is 15.9. The van der Waals surface area contributed by atoms with Crippen LogP contribution >= 0.6 is 0 Å². The number of rotatable bonds is 6. The highest BCUT2D eigenvalue weighted by molar-refractivity contribution is 6.05. The summed E-state index contributed by atoms with van der Waals surface area (Å²) in [6.45, 7) is 2.48. The van der Waals surface area contributed by atoms with E-state index in [1.807, 2.05) is 43.3 Å². The Morgan fingerprint density at radius 2 is 1.93 bits per heavy atom. The number of fused-ring (bicyclic) bond motifs is 1. The number of nitrogens with one attached hydrogen (secondary N) is 1. The fraction of sp³-hybridized carbons (Fsp3) is 0.143. The van der Waals surface area contributed by atoms with Gasteiger partial charge < -0.3 is 16.8 Å². The van der Waals surface area contributed by atoms with Crippen molar-refractivity contribution in [1.29, 1.82) is 0 Å². The van der Waals surface area contributed by atoms with Crippen molar-refractivity contribution < 1.29 is 4.79 Å². The van der Waals surface area contributed by atoms with E-state index in [0.717, 1.165) is 11.1 Å². The van der Waals surface area contributed by atoms with Gasteiger partial charge in [-0.3, -0.25) is 4.79 Å². The van der Waals surface area contributed by atoms with Crippen molar-refractivity contribution >= 4 is 22.6 Å². The molecule has 8 heteroatoms. The lowest BCUT2D eigenvalue weighted by molar-refractivity contribution is 0.100. The van der Waals surface area contributed by atoms with Gasteiger partial charge in [0.15, 0.2) is 0 Å². The van der Waals surface area contributed by atoms with Gasteiger partial charge in [0, 0.05) is 29.7 Å². The summed E-state index contributed by atoms with van der Waals surface area (Å²) in [6.07, 6.45) is 3.29. The van der Waals surface area contributed by atoms with Crippen LogP contribution in [0.5, 0.6) is 0 Å².